The van der Waals surface area contributed by atoms with Crippen LogP contribution in [0.5, 0.6) is 5.75 Å². The number of aromatic hydroxyl groups is 1. The van der Waals surface area contributed by atoms with Gasteiger partial charge in [0.2, 0.25) is 0 Å². The van der Waals surface area contributed by atoms with Crippen molar-refractivity contribution >= 4 is 11.6 Å². The molecule has 28 heavy (non-hydrogen) atoms. The maximum Gasteiger partial charge on any atom is 0.253 e. The Morgan fingerprint density at radius 2 is 1.43 bits per heavy atom. The highest BCUT2D eigenvalue weighted by molar-refractivity contribution is 5.95. The Labute approximate surface area is 165 Å². The third kappa shape index (κ3) is 3.86. The van der Waals surface area contributed by atoms with Crippen molar-refractivity contribution in [2.45, 2.75) is 6.92 Å². The quantitative estimate of drug-likeness (QED) is 0.744. The number of hydrogen-bond donors (Lipinski definition) is 1. The summed E-state index contributed by atoms with van der Waals surface area (Å²) in [5.41, 5.74) is 5.23. The van der Waals surface area contributed by atoms with Crippen molar-refractivity contribution in [2.75, 3.05) is 31.1 Å². The lowest BCUT2D eigenvalue weighted by Gasteiger charge is -2.36. The maximum absolute atomic E-state index is 12.9. The van der Waals surface area contributed by atoms with E-state index in [9.17, 15) is 9.90 Å². The highest BCUT2D eigenvalue weighted by Crippen LogP contribution is 2.23. The molecule has 4 rings (SSSR count). The number of carbonyl (C=O) groups excluding carboxylic acids is 1. The van der Waals surface area contributed by atoms with E-state index in [1.807, 2.05) is 41.3 Å². The average molecular weight is 372 g/mol. The fraction of sp³-hybridized carbons (Fsp3) is 0.208. The number of piperazine rings is 1. The molecule has 0 unspecified atom stereocenters. The Hall–Kier alpha value is -3.27. The molecule has 0 saturated carbocycles. The molecule has 1 amide bonds. The number of amides is 1. The van der Waals surface area contributed by atoms with Crippen LogP contribution in [0.25, 0.3) is 11.1 Å². The number of hydrogen-bond acceptors (Lipinski definition) is 3. The van der Waals surface area contributed by atoms with Crippen LogP contribution in [-0.2, 0) is 0 Å². The molecule has 3 aromatic rings. The molecule has 142 valence electrons. The smallest absolute Gasteiger partial charge is 0.253 e. The molecule has 0 spiro atoms. The molecule has 0 aliphatic carbocycles. The summed E-state index contributed by atoms with van der Waals surface area (Å²) >= 11 is 0. The Balaban J connectivity index is 1.40. The van der Waals surface area contributed by atoms with E-state index in [1.54, 1.807) is 12.1 Å². The van der Waals surface area contributed by atoms with Gasteiger partial charge in [-0.2, -0.15) is 0 Å². The molecule has 0 aromatic heterocycles. The highest BCUT2D eigenvalue weighted by Gasteiger charge is 2.22. The normalized spacial score (nSPS) is 14.2. The summed E-state index contributed by atoms with van der Waals surface area (Å²) in [6.45, 7) is 4.95. The van der Waals surface area contributed by atoms with Crippen LogP contribution in [0.15, 0.2) is 72.8 Å². The summed E-state index contributed by atoms with van der Waals surface area (Å²) in [6.07, 6.45) is 0. The van der Waals surface area contributed by atoms with Crippen molar-refractivity contribution in [2.24, 2.45) is 0 Å². The molecular formula is C24H24N2O2. The van der Waals surface area contributed by atoms with Gasteiger partial charge in [-0.1, -0.05) is 48.0 Å². The van der Waals surface area contributed by atoms with Gasteiger partial charge in [0.25, 0.3) is 5.91 Å². The third-order valence-electron chi connectivity index (χ3n) is 5.28. The first-order chi connectivity index (χ1) is 13.6. The molecule has 1 aliphatic heterocycles. The number of phenolic OH excluding ortho intramolecular Hbond substituents is 1. The van der Waals surface area contributed by atoms with Crippen molar-refractivity contribution in [1.29, 1.82) is 0 Å². The number of anilines is 1. The minimum Gasteiger partial charge on any atom is -0.508 e. The van der Waals surface area contributed by atoms with E-state index in [2.05, 4.69) is 36.1 Å². The second-order valence-electron chi connectivity index (χ2n) is 7.24. The van der Waals surface area contributed by atoms with Crippen LogP contribution >= 0.6 is 0 Å². The number of aryl methyl sites for hydroxylation is 1. The number of benzene rings is 3. The van der Waals surface area contributed by atoms with Gasteiger partial charge >= 0.3 is 0 Å². The Morgan fingerprint density at radius 1 is 0.821 bits per heavy atom. The van der Waals surface area contributed by atoms with Crippen molar-refractivity contribution in [3.63, 3.8) is 0 Å². The fourth-order valence-electron chi connectivity index (χ4n) is 3.59. The molecular weight excluding hydrogens is 348 g/mol. The Bertz CT molecular complexity index is 957. The van der Waals surface area contributed by atoms with Crippen LogP contribution in [0.3, 0.4) is 0 Å². The molecule has 1 heterocycles. The SMILES string of the molecule is Cc1ccc(-c2ccc(C(=O)N3CCN(c4cccc(O)c4)CC3)cc2)cc1. The van der Waals surface area contributed by atoms with Crippen molar-refractivity contribution in [3.05, 3.63) is 83.9 Å². The largest absolute Gasteiger partial charge is 0.508 e. The monoisotopic (exact) mass is 372 g/mol. The van der Waals surface area contributed by atoms with E-state index in [0.717, 1.165) is 35.5 Å². The van der Waals surface area contributed by atoms with Gasteiger partial charge in [-0.3, -0.25) is 4.79 Å². The summed E-state index contributed by atoms with van der Waals surface area (Å²) in [5.74, 6) is 0.343. The lowest BCUT2D eigenvalue weighted by atomic mass is 10.0. The zero-order chi connectivity index (χ0) is 19.5. The molecule has 3 aromatic carbocycles. The highest BCUT2D eigenvalue weighted by atomic mass is 16.3. The van der Waals surface area contributed by atoms with E-state index in [-0.39, 0.29) is 11.7 Å². The van der Waals surface area contributed by atoms with Crippen LogP contribution in [0.2, 0.25) is 0 Å². The van der Waals surface area contributed by atoms with Gasteiger partial charge in [0.05, 0.1) is 0 Å². The molecule has 0 radical (unpaired) electrons. The summed E-state index contributed by atoms with van der Waals surface area (Å²) in [4.78, 5) is 17.0. The zero-order valence-electron chi connectivity index (χ0n) is 16.0. The number of carbonyl (C=O) groups is 1. The second kappa shape index (κ2) is 7.77. The Morgan fingerprint density at radius 3 is 2.04 bits per heavy atom. The van der Waals surface area contributed by atoms with Crippen LogP contribution in [0, 0.1) is 6.92 Å². The van der Waals surface area contributed by atoms with Crippen molar-refractivity contribution in [1.82, 2.24) is 4.90 Å². The lowest BCUT2D eigenvalue weighted by molar-refractivity contribution is 0.0747. The molecule has 4 heteroatoms. The standard InChI is InChI=1S/C24H24N2O2/c1-18-5-7-19(8-6-18)20-9-11-21(12-10-20)24(28)26-15-13-25(14-16-26)22-3-2-4-23(27)17-22/h2-12,17,27H,13-16H2,1H3. The zero-order valence-corrected chi connectivity index (χ0v) is 16.0. The predicted octanol–water partition coefficient (Wildman–Crippen LogP) is 4.33. The van der Waals surface area contributed by atoms with Gasteiger partial charge in [0.1, 0.15) is 5.75 Å². The minimum atomic E-state index is 0.0750. The average Bonchev–Trinajstić information content (AvgIpc) is 2.74. The Kier molecular flexibility index (Phi) is 5.02. The first-order valence-electron chi connectivity index (χ1n) is 9.60. The lowest BCUT2D eigenvalue weighted by Crippen LogP contribution is -2.48. The van der Waals surface area contributed by atoms with E-state index in [1.165, 1.54) is 5.56 Å². The van der Waals surface area contributed by atoms with Crippen LogP contribution in [0.4, 0.5) is 5.69 Å². The third-order valence-corrected chi connectivity index (χ3v) is 5.28. The molecule has 1 saturated heterocycles. The van der Waals surface area contributed by atoms with E-state index >= 15 is 0 Å². The van der Waals surface area contributed by atoms with Crippen LogP contribution < -0.4 is 4.90 Å². The van der Waals surface area contributed by atoms with Crippen LogP contribution in [-0.4, -0.2) is 42.1 Å². The number of phenols is 1. The summed E-state index contributed by atoms with van der Waals surface area (Å²) in [6, 6.07) is 23.5. The summed E-state index contributed by atoms with van der Waals surface area (Å²) in [7, 11) is 0. The summed E-state index contributed by atoms with van der Waals surface area (Å²) in [5, 5.41) is 9.66. The first-order valence-corrected chi connectivity index (χ1v) is 9.60. The first kappa shape index (κ1) is 18.1. The van der Waals surface area contributed by atoms with Gasteiger partial charge in [-0.15, -0.1) is 0 Å². The topological polar surface area (TPSA) is 43.8 Å². The maximum atomic E-state index is 12.9. The number of rotatable bonds is 3. The predicted molar refractivity (Wildman–Crippen MR) is 113 cm³/mol. The molecule has 0 bridgehead atoms. The molecule has 1 N–H and O–H groups in total. The van der Waals surface area contributed by atoms with Gasteiger partial charge in [0.15, 0.2) is 0 Å². The van der Waals surface area contributed by atoms with Gasteiger partial charge in [0, 0.05) is 43.5 Å². The van der Waals surface area contributed by atoms with Gasteiger partial charge < -0.3 is 14.9 Å². The fourth-order valence-corrected chi connectivity index (χ4v) is 3.59. The van der Waals surface area contributed by atoms with Gasteiger partial charge in [-0.05, 0) is 42.3 Å². The summed E-state index contributed by atoms with van der Waals surface area (Å²) < 4.78 is 0. The molecule has 0 atom stereocenters. The molecule has 1 fully saturated rings. The molecule has 4 nitrogen and oxygen atoms in total. The van der Waals surface area contributed by atoms with E-state index < -0.39 is 0 Å². The minimum absolute atomic E-state index is 0.0750. The van der Waals surface area contributed by atoms with E-state index in [0.29, 0.717) is 13.1 Å². The molecule has 1 aliphatic rings. The second-order valence-corrected chi connectivity index (χ2v) is 7.24. The van der Waals surface area contributed by atoms with Gasteiger partial charge in [-0.25, -0.2) is 0 Å². The van der Waals surface area contributed by atoms with Crippen LogP contribution in [0.1, 0.15) is 15.9 Å². The van der Waals surface area contributed by atoms with Crippen molar-refractivity contribution < 1.29 is 9.90 Å². The van der Waals surface area contributed by atoms with Crippen molar-refractivity contribution in [3.8, 4) is 16.9 Å². The van der Waals surface area contributed by atoms with E-state index in [4.69, 9.17) is 0 Å². The number of nitrogens with zero attached hydrogens (tertiary/aromatic N) is 2.